The molecule has 0 bridgehead atoms. The summed E-state index contributed by atoms with van der Waals surface area (Å²) in [7, 11) is 0. The monoisotopic (exact) mass is 476 g/mol. The first-order valence-electron chi connectivity index (χ1n) is 9.46. The van der Waals surface area contributed by atoms with Crippen molar-refractivity contribution in [1.29, 1.82) is 0 Å². The molecule has 2 rings (SSSR count). The van der Waals surface area contributed by atoms with Gasteiger partial charge in [0.25, 0.3) is 0 Å². The molecule has 1 amide bonds. The van der Waals surface area contributed by atoms with Crippen LogP contribution in [0.2, 0.25) is 0 Å². The molecule has 0 unspecified atom stereocenters. The predicted octanol–water partition coefficient (Wildman–Crippen LogP) is 3.36. The SMILES string of the molecule is CCNC(=NCc1cc(C)oc1C)NCCCN1CCCCCC1=O.I. The molecule has 7 heteroatoms. The van der Waals surface area contributed by atoms with Crippen LogP contribution in [0.15, 0.2) is 15.5 Å². The average molecular weight is 476 g/mol. The third-order valence-electron chi connectivity index (χ3n) is 4.46. The predicted molar refractivity (Wildman–Crippen MR) is 116 cm³/mol. The van der Waals surface area contributed by atoms with Crippen molar-refractivity contribution in [3.63, 3.8) is 0 Å². The van der Waals surface area contributed by atoms with Crippen molar-refractivity contribution < 1.29 is 9.21 Å². The Hall–Kier alpha value is -1.25. The number of guanidine groups is 1. The van der Waals surface area contributed by atoms with E-state index in [2.05, 4.69) is 22.5 Å². The van der Waals surface area contributed by atoms with Gasteiger partial charge in [-0.1, -0.05) is 6.42 Å². The number of hydrogen-bond acceptors (Lipinski definition) is 3. The molecule has 1 aliphatic heterocycles. The molecule has 2 heterocycles. The number of nitrogens with zero attached hydrogens (tertiary/aromatic N) is 2. The Bertz CT molecular complexity index is 586. The fourth-order valence-corrected chi connectivity index (χ4v) is 3.10. The summed E-state index contributed by atoms with van der Waals surface area (Å²) in [5.74, 6) is 2.96. The van der Waals surface area contributed by atoms with Gasteiger partial charge in [0.15, 0.2) is 5.96 Å². The van der Waals surface area contributed by atoms with Gasteiger partial charge >= 0.3 is 0 Å². The molecule has 0 aromatic carbocycles. The third kappa shape index (κ3) is 7.55. The molecule has 0 radical (unpaired) electrons. The van der Waals surface area contributed by atoms with E-state index in [1.165, 1.54) is 6.42 Å². The molecular formula is C19H33IN4O2. The molecular weight excluding hydrogens is 443 g/mol. The minimum Gasteiger partial charge on any atom is -0.466 e. The lowest BCUT2D eigenvalue weighted by Gasteiger charge is -2.20. The molecule has 1 aromatic heterocycles. The van der Waals surface area contributed by atoms with Crippen LogP contribution in [-0.4, -0.2) is 42.9 Å². The fraction of sp³-hybridized carbons (Fsp3) is 0.684. The highest BCUT2D eigenvalue weighted by Gasteiger charge is 2.15. The summed E-state index contributed by atoms with van der Waals surface area (Å²) in [4.78, 5) is 18.6. The topological polar surface area (TPSA) is 69.9 Å². The number of halogens is 1. The molecule has 148 valence electrons. The van der Waals surface area contributed by atoms with Crippen molar-refractivity contribution in [3.05, 3.63) is 23.2 Å². The molecule has 6 nitrogen and oxygen atoms in total. The molecule has 26 heavy (non-hydrogen) atoms. The van der Waals surface area contributed by atoms with E-state index in [1.807, 2.05) is 24.8 Å². The highest BCUT2D eigenvalue weighted by atomic mass is 127. The first kappa shape index (κ1) is 22.8. The summed E-state index contributed by atoms with van der Waals surface area (Å²) in [6, 6.07) is 2.04. The second kappa shape index (κ2) is 12.2. The maximum Gasteiger partial charge on any atom is 0.222 e. The van der Waals surface area contributed by atoms with E-state index in [1.54, 1.807) is 0 Å². The second-order valence-corrected chi connectivity index (χ2v) is 6.61. The quantitative estimate of drug-likeness (QED) is 0.274. The fourth-order valence-electron chi connectivity index (χ4n) is 3.10. The summed E-state index contributed by atoms with van der Waals surface area (Å²) < 4.78 is 5.55. The van der Waals surface area contributed by atoms with Gasteiger partial charge in [-0.2, -0.15) is 0 Å². The maximum atomic E-state index is 12.0. The zero-order valence-corrected chi connectivity index (χ0v) is 18.6. The molecule has 1 saturated heterocycles. The highest BCUT2D eigenvalue weighted by molar-refractivity contribution is 14.0. The van der Waals surface area contributed by atoms with Crippen molar-refractivity contribution in [2.24, 2.45) is 4.99 Å². The Morgan fingerprint density at radius 1 is 1.27 bits per heavy atom. The van der Waals surface area contributed by atoms with Crippen LogP contribution in [0.25, 0.3) is 0 Å². The molecule has 0 atom stereocenters. The van der Waals surface area contributed by atoms with Gasteiger partial charge in [0, 0.05) is 38.2 Å². The van der Waals surface area contributed by atoms with Gasteiger partial charge in [-0.05, 0) is 46.1 Å². The van der Waals surface area contributed by atoms with Crippen LogP contribution in [0.4, 0.5) is 0 Å². The Morgan fingerprint density at radius 3 is 2.77 bits per heavy atom. The van der Waals surface area contributed by atoms with Gasteiger partial charge in [-0.25, -0.2) is 4.99 Å². The first-order chi connectivity index (χ1) is 12.1. The summed E-state index contributed by atoms with van der Waals surface area (Å²) in [6.07, 6.45) is 4.98. The van der Waals surface area contributed by atoms with Crippen molar-refractivity contribution in [2.45, 2.75) is 59.4 Å². The van der Waals surface area contributed by atoms with E-state index in [-0.39, 0.29) is 24.0 Å². The van der Waals surface area contributed by atoms with Crippen LogP contribution in [-0.2, 0) is 11.3 Å². The van der Waals surface area contributed by atoms with E-state index >= 15 is 0 Å². The van der Waals surface area contributed by atoms with E-state index < -0.39 is 0 Å². The van der Waals surface area contributed by atoms with Crippen molar-refractivity contribution >= 4 is 35.8 Å². The molecule has 2 N–H and O–H groups in total. The zero-order valence-electron chi connectivity index (χ0n) is 16.3. The number of hydrogen-bond donors (Lipinski definition) is 2. The van der Waals surface area contributed by atoms with Crippen LogP contribution >= 0.6 is 24.0 Å². The molecule has 0 saturated carbocycles. The van der Waals surface area contributed by atoms with Crippen LogP contribution in [0.1, 0.15) is 56.1 Å². The summed E-state index contributed by atoms with van der Waals surface area (Å²) in [5.41, 5.74) is 1.12. The minimum absolute atomic E-state index is 0. The van der Waals surface area contributed by atoms with Crippen molar-refractivity contribution in [3.8, 4) is 0 Å². The summed E-state index contributed by atoms with van der Waals surface area (Å²) in [6.45, 7) is 9.93. The van der Waals surface area contributed by atoms with Gasteiger partial charge in [-0.15, -0.1) is 24.0 Å². The lowest BCUT2D eigenvalue weighted by Crippen LogP contribution is -2.39. The number of aliphatic imine (C=N–C) groups is 1. The molecule has 1 aliphatic rings. The lowest BCUT2D eigenvalue weighted by molar-refractivity contribution is -0.130. The van der Waals surface area contributed by atoms with Crippen LogP contribution < -0.4 is 10.6 Å². The van der Waals surface area contributed by atoms with Crippen molar-refractivity contribution in [2.75, 3.05) is 26.2 Å². The zero-order chi connectivity index (χ0) is 18.1. The third-order valence-corrected chi connectivity index (χ3v) is 4.46. The molecule has 1 fully saturated rings. The normalized spacial score (nSPS) is 15.4. The Kier molecular flexibility index (Phi) is 10.7. The number of rotatable bonds is 7. The Labute approximate surface area is 174 Å². The van der Waals surface area contributed by atoms with Gasteiger partial charge < -0.3 is 20.0 Å². The molecule has 0 aliphatic carbocycles. The molecule has 1 aromatic rings. The smallest absolute Gasteiger partial charge is 0.222 e. The van der Waals surface area contributed by atoms with Gasteiger partial charge in [0.1, 0.15) is 11.5 Å². The summed E-state index contributed by atoms with van der Waals surface area (Å²) >= 11 is 0. The van der Waals surface area contributed by atoms with Crippen LogP contribution in [0.5, 0.6) is 0 Å². The number of nitrogens with one attached hydrogen (secondary N) is 2. The number of aryl methyl sites for hydroxylation is 2. The Morgan fingerprint density at radius 2 is 2.08 bits per heavy atom. The second-order valence-electron chi connectivity index (χ2n) is 6.61. The van der Waals surface area contributed by atoms with E-state index in [9.17, 15) is 4.79 Å². The number of likely N-dealkylation sites (tertiary alicyclic amines) is 1. The van der Waals surface area contributed by atoms with E-state index in [0.29, 0.717) is 18.9 Å². The highest BCUT2D eigenvalue weighted by Crippen LogP contribution is 2.14. The molecule has 0 spiro atoms. The largest absolute Gasteiger partial charge is 0.466 e. The van der Waals surface area contributed by atoms with Crippen LogP contribution in [0, 0.1) is 13.8 Å². The van der Waals surface area contributed by atoms with E-state index in [4.69, 9.17) is 4.42 Å². The minimum atomic E-state index is 0. The average Bonchev–Trinajstić information content (AvgIpc) is 2.77. The van der Waals surface area contributed by atoms with E-state index in [0.717, 1.165) is 68.5 Å². The number of amides is 1. The number of carbonyl (C=O) groups is 1. The maximum absolute atomic E-state index is 12.0. The van der Waals surface area contributed by atoms with Gasteiger partial charge in [0.05, 0.1) is 6.54 Å². The van der Waals surface area contributed by atoms with Crippen LogP contribution in [0.3, 0.4) is 0 Å². The standard InChI is InChI=1S/C19H32N4O2.HI/c1-4-20-19(22-14-17-13-15(2)25-16(17)3)21-10-8-12-23-11-7-5-6-9-18(23)24;/h13H,4-12,14H2,1-3H3,(H2,20,21,22);1H. The van der Waals surface area contributed by atoms with Gasteiger partial charge in [-0.3, -0.25) is 4.79 Å². The lowest BCUT2D eigenvalue weighted by atomic mass is 10.2. The Balaban J connectivity index is 0.00000338. The summed E-state index contributed by atoms with van der Waals surface area (Å²) in [5, 5.41) is 6.62. The number of carbonyl (C=O) groups excluding carboxylic acids is 1. The first-order valence-corrected chi connectivity index (χ1v) is 9.46. The van der Waals surface area contributed by atoms with Gasteiger partial charge in [0.2, 0.25) is 5.91 Å². The number of furan rings is 1. The van der Waals surface area contributed by atoms with Crippen molar-refractivity contribution in [1.82, 2.24) is 15.5 Å².